The first-order valence-corrected chi connectivity index (χ1v) is 16.3. The van der Waals surface area contributed by atoms with Gasteiger partial charge in [0.05, 0.1) is 18.2 Å². The van der Waals surface area contributed by atoms with Crippen molar-refractivity contribution in [2.75, 3.05) is 4.90 Å². The average molecular weight is 628 g/mol. The minimum Gasteiger partial charge on any atom is -0.311 e. The summed E-state index contributed by atoms with van der Waals surface area (Å²) in [7, 11) is 0. The maximum atomic E-state index is 10.3. The Morgan fingerprint density at radius 3 is 1.61 bits per heavy atom. The molecule has 0 aliphatic rings. The Morgan fingerprint density at radius 1 is 0.531 bits per heavy atom. The monoisotopic (exact) mass is 627 g/mol. The van der Waals surface area contributed by atoms with Crippen molar-refractivity contribution in [2.45, 2.75) is 13.8 Å². The zero-order valence-electron chi connectivity index (χ0n) is 27.4. The molecule has 0 N–H and O–H groups in total. The van der Waals surface area contributed by atoms with Gasteiger partial charge in [-0.3, -0.25) is 0 Å². The van der Waals surface area contributed by atoms with Crippen LogP contribution in [-0.2, 0) is 0 Å². The predicted octanol–water partition coefficient (Wildman–Crippen LogP) is 12.8. The number of para-hydroxylation sites is 1. The molecule has 0 aliphatic carbocycles. The number of benzene rings is 7. The van der Waals surface area contributed by atoms with Gasteiger partial charge in [0.1, 0.15) is 0 Å². The van der Waals surface area contributed by atoms with E-state index in [1.165, 1.54) is 11.1 Å². The molecule has 0 aromatic heterocycles. The standard InChI is InChI=1S/C46H33N3/c1-32-15-19-34(20-16-32)23-29-42-41-13-8-14-44(48-3)46(41)43(40-12-7-9-36(31-47)45(40)42)30-24-35-21-27-39(28-22-35)49(37-10-5-4-6-11-37)38-25-17-33(2)18-26-38/h4-30H,1-2H3/b29-23-,30-24-. The highest BCUT2D eigenvalue weighted by molar-refractivity contribution is 6.19. The van der Waals surface area contributed by atoms with Gasteiger partial charge in [-0.15, -0.1) is 0 Å². The highest BCUT2D eigenvalue weighted by Crippen LogP contribution is 2.41. The van der Waals surface area contributed by atoms with Gasteiger partial charge < -0.3 is 4.90 Å². The summed E-state index contributed by atoms with van der Waals surface area (Å²) in [5.41, 5.74) is 10.8. The maximum absolute atomic E-state index is 10.3. The number of hydrogen-bond acceptors (Lipinski definition) is 2. The molecule has 7 rings (SSSR count). The summed E-state index contributed by atoms with van der Waals surface area (Å²) in [6.07, 6.45) is 8.36. The molecule has 0 radical (unpaired) electrons. The highest BCUT2D eigenvalue weighted by Gasteiger charge is 2.17. The van der Waals surface area contributed by atoms with Crippen LogP contribution in [0.25, 0.3) is 50.7 Å². The molecule has 49 heavy (non-hydrogen) atoms. The van der Waals surface area contributed by atoms with Gasteiger partial charge in [0.2, 0.25) is 0 Å². The zero-order chi connectivity index (χ0) is 33.7. The average Bonchev–Trinajstić information content (AvgIpc) is 3.15. The van der Waals surface area contributed by atoms with E-state index in [2.05, 4.69) is 163 Å². The van der Waals surface area contributed by atoms with Gasteiger partial charge in [-0.2, -0.15) is 5.26 Å². The largest absolute Gasteiger partial charge is 0.311 e. The molecule has 0 fully saturated rings. The molecule has 0 spiro atoms. The van der Waals surface area contributed by atoms with Crippen molar-refractivity contribution < 1.29 is 0 Å². The van der Waals surface area contributed by atoms with E-state index in [4.69, 9.17) is 6.57 Å². The summed E-state index contributed by atoms with van der Waals surface area (Å²) >= 11 is 0. The van der Waals surface area contributed by atoms with Gasteiger partial charge in [-0.1, -0.05) is 132 Å². The lowest BCUT2D eigenvalue weighted by molar-refractivity contribution is 1.27. The number of fused-ring (bicyclic) bond motifs is 2. The molecule has 7 aromatic carbocycles. The van der Waals surface area contributed by atoms with E-state index in [-0.39, 0.29) is 0 Å². The smallest absolute Gasteiger partial charge is 0.195 e. The van der Waals surface area contributed by atoms with Crippen LogP contribution in [0.1, 0.15) is 38.9 Å². The first-order chi connectivity index (χ1) is 24.0. The maximum Gasteiger partial charge on any atom is 0.195 e. The van der Waals surface area contributed by atoms with Crippen molar-refractivity contribution in [3.8, 4) is 6.07 Å². The lowest BCUT2D eigenvalue weighted by Crippen LogP contribution is -2.09. The summed E-state index contributed by atoms with van der Waals surface area (Å²) in [5, 5.41) is 13.9. The Hall–Kier alpha value is -6.68. The van der Waals surface area contributed by atoms with Crippen LogP contribution >= 0.6 is 0 Å². The van der Waals surface area contributed by atoms with Crippen molar-refractivity contribution in [3.63, 3.8) is 0 Å². The molecule has 232 valence electrons. The molecule has 0 amide bonds. The number of rotatable bonds is 7. The van der Waals surface area contributed by atoms with E-state index in [1.54, 1.807) is 0 Å². The fraction of sp³-hybridized carbons (Fsp3) is 0.0435. The van der Waals surface area contributed by atoms with E-state index >= 15 is 0 Å². The number of nitrogens with zero attached hydrogens (tertiary/aromatic N) is 3. The van der Waals surface area contributed by atoms with Crippen LogP contribution in [-0.4, -0.2) is 0 Å². The summed E-state index contributed by atoms with van der Waals surface area (Å²) in [6.45, 7) is 12.2. The molecule has 0 aliphatic heterocycles. The van der Waals surface area contributed by atoms with Crippen LogP contribution in [0.4, 0.5) is 22.7 Å². The minimum atomic E-state index is 0.582. The van der Waals surface area contributed by atoms with Gasteiger partial charge in [-0.25, -0.2) is 4.85 Å². The van der Waals surface area contributed by atoms with Gasteiger partial charge in [-0.05, 0) is 94.7 Å². The fourth-order valence-corrected chi connectivity index (χ4v) is 6.41. The van der Waals surface area contributed by atoms with Crippen molar-refractivity contribution in [3.05, 3.63) is 190 Å². The normalized spacial score (nSPS) is 11.3. The molecule has 0 heterocycles. The molecule has 7 aromatic rings. The molecule has 0 unspecified atom stereocenters. The summed E-state index contributed by atoms with van der Waals surface area (Å²) < 4.78 is 0. The Kier molecular flexibility index (Phi) is 8.58. The third-order valence-electron chi connectivity index (χ3n) is 8.89. The van der Waals surface area contributed by atoms with Crippen LogP contribution in [0.3, 0.4) is 0 Å². The summed E-state index contributed by atoms with van der Waals surface area (Å²) in [4.78, 5) is 6.20. The lowest BCUT2D eigenvalue weighted by Gasteiger charge is -2.25. The summed E-state index contributed by atoms with van der Waals surface area (Å²) in [6, 6.07) is 50.0. The third-order valence-corrected chi connectivity index (χ3v) is 8.89. The molecule has 0 saturated heterocycles. The molecular weight excluding hydrogens is 595 g/mol. The van der Waals surface area contributed by atoms with Gasteiger partial charge in [0.15, 0.2) is 5.69 Å². The van der Waals surface area contributed by atoms with Crippen LogP contribution in [0.5, 0.6) is 0 Å². The van der Waals surface area contributed by atoms with Crippen LogP contribution in [0.15, 0.2) is 140 Å². The van der Waals surface area contributed by atoms with Crippen molar-refractivity contribution in [1.82, 2.24) is 0 Å². The van der Waals surface area contributed by atoms with E-state index in [0.717, 1.165) is 60.9 Å². The second-order valence-electron chi connectivity index (χ2n) is 12.2. The highest BCUT2D eigenvalue weighted by atomic mass is 15.1. The lowest BCUT2D eigenvalue weighted by atomic mass is 9.88. The first kappa shape index (κ1) is 30.9. The molecule has 3 nitrogen and oxygen atoms in total. The molecule has 0 saturated carbocycles. The molecule has 0 bridgehead atoms. The van der Waals surface area contributed by atoms with Crippen LogP contribution in [0.2, 0.25) is 0 Å². The Bertz CT molecular complexity index is 2440. The topological polar surface area (TPSA) is 31.4 Å². The van der Waals surface area contributed by atoms with E-state index < -0.39 is 0 Å². The Morgan fingerprint density at radius 2 is 1.02 bits per heavy atom. The Balaban J connectivity index is 1.35. The van der Waals surface area contributed by atoms with Crippen molar-refractivity contribution in [2.24, 2.45) is 0 Å². The van der Waals surface area contributed by atoms with Crippen LogP contribution < -0.4 is 4.90 Å². The van der Waals surface area contributed by atoms with E-state index in [1.807, 2.05) is 30.3 Å². The SMILES string of the molecule is [C-]#[N+]c1cccc2c(/C=C\c3ccc(C)cc3)c3c(C#N)cccc3c(/C=C\c3ccc(N(c4ccccc4)c4ccc(C)cc4)cc3)c12. The molecular formula is C46H33N3. The number of anilines is 3. The zero-order valence-corrected chi connectivity index (χ0v) is 27.4. The number of aryl methyl sites for hydroxylation is 2. The van der Waals surface area contributed by atoms with Crippen LogP contribution in [0, 0.1) is 31.8 Å². The second-order valence-corrected chi connectivity index (χ2v) is 12.2. The van der Waals surface area contributed by atoms with Gasteiger partial charge >= 0.3 is 0 Å². The molecule has 0 atom stereocenters. The first-order valence-electron chi connectivity index (χ1n) is 16.3. The Labute approximate surface area is 287 Å². The fourth-order valence-electron chi connectivity index (χ4n) is 6.41. The van der Waals surface area contributed by atoms with Crippen molar-refractivity contribution >= 4 is 68.6 Å². The number of hydrogen-bond donors (Lipinski definition) is 0. The van der Waals surface area contributed by atoms with Gasteiger partial charge in [0.25, 0.3) is 0 Å². The summed E-state index contributed by atoms with van der Waals surface area (Å²) in [5.74, 6) is 0. The number of nitriles is 1. The van der Waals surface area contributed by atoms with Gasteiger partial charge in [0, 0.05) is 22.4 Å². The van der Waals surface area contributed by atoms with Crippen molar-refractivity contribution in [1.29, 1.82) is 5.26 Å². The second kappa shape index (κ2) is 13.6. The van der Waals surface area contributed by atoms with E-state index in [9.17, 15) is 5.26 Å². The molecule has 3 heteroatoms. The quantitative estimate of drug-likeness (QED) is 0.100. The minimum absolute atomic E-state index is 0.582. The third kappa shape index (κ3) is 6.22. The predicted molar refractivity (Wildman–Crippen MR) is 207 cm³/mol. The van der Waals surface area contributed by atoms with E-state index in [0.29, 0.717) is 11.3 Å².